The smallest absolute Gasteiger partial charge is 0.321 e. The van der Waals surface area contributed by atoms with Crippen molar-refractivity contribution in [1.82, 2.24) is 9.13 Å². The monoisotopic (exact) mass is 435 g/mol. The van der Waals surface area contributed by atoms with Crippen LogP contribution in [0.5, 0.6) is 0 Å². The first-order valence-electron chi connectivity index (χ1n) is 9.58. The number of aryl methyl sites for hydroxylation is 3. The Morgan fingerprint density at radius 3 is 2.10 bits per heavy atom. The normalized spacial score (nSPS) is 11.6. The van der Waals surface area contributed by atoms with Gasteiger partial charge in [-0.15, -0.1) is 0 Å². The lowest BCUT2D eigenvalue weighted by molar-refractivity contribution is 0.102. The topological polar surface area (TPSA) is 90.2 Å². The molecule has 4 aromatic rings. The standard InChI is InChI=1S/C23H21N3O4S/c1-15-9-7-8-12-17(15)22(27)24-18-13-19-20(26(3)23(28)25(19)2)14-21(18)31(29,30)16-10-5-4-6-11-16/h4-14H,1-3H3,(H,24,27). The first-order chi connectivity index (χ1) is 14.7. The molecule has 31 heavy (non-hydrogen) atoms. The third kappa shape index (κ3) is 3.44. The molecule has 158 valence electrons. The van der Waals surface area contributed by atoms with E-state index in [1.165, 1.54) is 33.4 Å². The number of benzene rings is 3. The highest BCUT2D eigenvalue weighted by atomic mass is 32.2. The molecule has 8 heteroatoms. The molecule has 0 saturated heterocycles. The molecule has 7 nitrogen and oxygen atoms in total. The average Bonchev–Trinajstić information content (AvgIpc) is 2.97. The van der Waals surface area contributed by atoms with Gasteiger partial charge in [-0.3, -0.25) is 13.9 Å². The summed E-state index contributed by atoms with van der Waals surface area (Å²) in [7, 11) is -0.780. The van der Waals surface area contributed by atoms with Crippen LogP contribution in [0, 0.1) is 6.92 Å². The second-order valence-corrected chi connectivity index (χ2v) is 9.24. The summed E-state index contributed by atoms with van der Waals surface area (Å²) < 4.78 is 29.7. The summed E-state index contributed by atoms with van der Waals surface area (Å²) in [6.45, 7) is 1.81. The van der Waals surface area contributed by atoms with E-state index < -0.39 is 15.7 Å². The zero-order chi connectivity index (χ0) is 22.3. The molecule has 3 aromatic carbocycles. The zero-order valence-corrected chi connectivity index (χ0v) is 18.1. The molecular formula is C23H21N3O4S. The van der Waals surface area contributed by atoms with Gasteiger partial charge in [0.2, 0.25) is 9.84 Å². The van der Waals surface area contributed by atoms with E-state index >= 15 is 0 Å². The Morgan fingerprint density at radius 1 is 0.871 bits per heavy atom. The van der Waals surface area contributed by atoms with Gasteiger partial charge < -0.3 is 5.32 Å². The van der Waals surface area contributed by atoms with Crippen molar-refractivity contribution in [2.45, 2.75) is 16.7 Å². The third-order valence-electron chi connectivity index (χ3n) is 5.35. The summed E-state index contributed by atoms with van der Waals surface area (Å²) in [5.41, 5.74) is 2.00. The van der Waals surface area contributed by atoms with Crippen molar-refractivity contribution in [1.29, 1.82) is 0 Å². The highest BCUT2D eigenvalue weighted by Gasteiger charge is 2.25. The van der Waals surface area contributed by atoms with Crippen molar-refractivity contribution >= 4 is 32.5 Å². The van der Waals surface area contributed by atoms with Crippen LogP contribution in [-0.4, -0.2) is 23.5 Å². The van der Waals surface area contributed by atoms with E-state index in [0.29, 0.717) is 16.6 Å². The second kappa shape index (κ2) is 7.55. The molecule has 0 unspecified atom stereocenters. The lowest BCUT2D eigenvalue weighted by Crippen LogP contribution is -2.19. The van der Waals surface area contributed by atoms with E-state index in [1.54, 1.807) is 57.4 Å². The maximum absolute atomic E-state index is 13.4. The average molecular weight is 436 g/mol. The van der Waals surface area contributed by atoms with Gasteiger partial charge in [-0.2, -0.15) is 0 Å². The largest absolute Gasteiger partial charge is 0.328 e. The van der Waals surface area contributed by atoms with Crippen molar-refractivity contribution in [3.63, 3.8) is 0 Å². The van der Waals surface area contributed by atoms with Crippen LogP contribution in [0.25, 0.3) is 11.0 Å². The predicted molar refractivity (Wildman–Crippen MR) is 119 cm³/mol. The minimum absolute atomic E-state index is 0.0747. The number of nitrogens with zero attached hydrogens (tertiary/aromatic N) is 2. The molecule has 0 saturated carbocycles. The van der Waals surface area contributed by atoms with E-state index in [9.17, 15) is 18.0 Å². The lowest BCUT2D eigenvalue weighted by atomic mass is 10.1. The number of amides is 1. The number of fused-ring (bicyclic) bond motifs is 1. The summed E-state index contributed by atoms with van der Waals surface area (Å²) in [5, 5.41) is 2.75. The van der Waals surface area contributed by atoms with Crippen molar-refractivity contribution < 1.29 is 13.2 Å². The minimum Gasteiger partial charge on any atom is -0.321 e. The van der Waals surface area contributed by atoms with E-state index in [1.807, 2.05) is 6.07 Å². The van der Waals surface area contributed by atoms with Gasteiger partial charge in [-0.1, -0.05) is 36.4 Å². The first-order valence-corrected chi connectivity index (χ1v) is 11.1. The maximum atomic E-state index is 13.4. The molecule has 0 bridgehead atoms. The number of aromatic nitrogens is 2. The summed E-state index contributed by atoms with van der Waals surface area (Å²) in [4.78, 5) is 25.4. The van der Waals surface area contributed by atoms with E-state index in [-0.39, 0.29) is 21.2 Å². The molecule has 0 radical (unpaired) electrons. The van der Waals surface area contributed by atoms with Gasteiger partial charge in [0.15, 0.2) is 0 Å². The van der Waals surface area contributed by atoms with Gasteiger partial charge in [0.25, 0.3) is 5.91 Å². The van der Waals surface area contributed by atoms with Crippen LogP contribution in [0.1, 0.15) is 15.9 Å². The molecule has 0 atom stereocenters. The molecular weight excluding hydrogens is 414 g/mol. The first kappa shape index (κ1) is 20.6. The molecule has 1 aromatic heterocycles. The number of carbonyl (C=O) groups excluding carboxylic acids is 1. The molecule has 0 aliphatic carbocycles. The summed E-state index contributed by atoms with van der Waals surface area (Å²) in [6, 6.07) is 18.0. The fourth-order valence-electron chi connectivity index (χ4n) is 3.59. The molecule has 0 aliphatic rings. The Labute approximate surface area is 179 Å². The van der Waals surface area contributed by atoms with Gasteiger partial charge in [0.05, 0.1) is 26.5 Å². The van der Waals surface area contributed by atoms with Crippen LogP contribution in [0.3, 0.4) is 0 Å². The van der Waals surface area contributed by atoms with Crippen molar-refractivity contribution in [2.75, 3.05) is 5.32 Å². The lowest BCUT2D eigenvalue weighted by Gasteiger charge is -2.14. The number of rotatable bonds is 4. The van der Waals surface area contributed by atoms with Crippen molar-refractivity contribution in [2.24, 2.45) is 14.1 Å². The summed E-state index contributed by atoms with van der Waals surface area (Å²) >= 11 is 0. The van der Waals surface area contributed by atoms with Gasteiger partial charge in [0, 0.05) is 19.7 Å². The quantitative estimate of drug-likeness (QED) is 0.533. The Kier molecular flexibility index (Phi) is 5.02. The Hall–Kier alpha value is -3.65. The number of carbonyl (C=O) groups is 1. The highest BCUT2D eigenvalue weighted by molar-refractivity contribution is 7.91. The number of imidazole rings is 1. The molecule has 4 rings (SSSR count). The number of sulfone groups is 1. The molecule has 0 fully saturated rings. The number of hydrogen-bond donors (Lipinski definition) is 1. The molecule has 0 aliphatic heterocycles. The van der Waals surface area contributed by atoms with Gasteiger partial charge in [0.1, 0.15) is 0 Å². The van der Waals surface area contributed by atoms with Crippen LogP contribution in [0.4, 0.5) is 5.69 Å². The third-order valence-corrected chi connectivity index (χ3v) is 7.16. The highest BCUT2D eigenvalue weighted by Crippen LogP contribution is 2.32. The zero-order valence-electron chi connectivity index (χ0n) is 17.3. The Balaban J connectivity index is 1.96. The van der Waals surface area contributed by atoms with Gasteiger partial charge >= 0.3 is 5.69 Å². The van der Waals surface area contributed by atoms with Crippen LogP contribution in [-0.2, 0) is 23.9 Å². The van der Waals surface area contributed by atoms with Crippen molar-refractivity contribution in [3.05, 3.63) is 88.3 Å². The fourth-order valence-corrected chi connectivity index (χ4v) is 5.03. The second-order valence-electron chi connectivity index (χ2n) is 7.32. The van der Waals surface area contributed by atoms with Crippen LogP contribution >= 0.6 is 0 Å². The molecule has 1 amide bonds. The van der Waals surface area contributed by atoms with Crippen LogP contribution < -0.4 is 11.0 Å². The number of hydrogen-bond acceptors (Lipinski definition) is 4. The molecule has 1 heterocycles. The molecule has 0 spiro atoms. The van der Waals surface area contributed by atoms with E-state index in [2.05, 4.69) is 5.32 Å². The van der Waals surface area contributed by atoms with E-state index in [4.69, 9.17) is 0 Å². The van der Waals surface area contributed by atoms with E-state index in [0.717, 1.165) is 5.56 Å². The fraction of sp³-hybridized carbons (Fsp3) is 0.130. The van der Waals surface area contributed by atoms with Crippen molar-refractivity contribution in [3.8, 4) is 0 Å². The summed E-state index contributed by atoms with van der Waals surface area (Å²) in [5.74, 6) is -0.428. The van der Waals surface area contributed by atoms with Crippen LogP contribution in [0.15, 0.2) is 81.3 Å². The minimum atomic E-state index is -3.96. The van der Waals surface area contributed by atoms with Gasteiger partial charge in [-0.25, -0.2) is 13.2 Å². The molecule has 1 N–H and O–H groups in total. The summed E-state index contributed by atoms with van der Waals surface area (Å²) in [6.07, 6.45) is 0. The van der Waals surface area contributed by atoms with Crippen LogP contribution in [0.2, 0.25) is 0 Å². The predicted octanol–water partition coefficient (Wildman–Crippen LogP) is 3.27. The number of anilines is 1. The SMILES string of the molecule is Cc1ccccc1C(=O)Nc1cc2c(cc1S(=O)(=O)c1ccccc1)n(C)c(=O)n2C. The maximum Gasteiger partial charge on any atom is 0.328 e. The Morgan fingerprint density at radius 2 is 1.45 bits per heavy atom. The van der Waals surface area contributed by atoms with Gasteiger partial charge in [-0.05, 0) is 42.8 Å². The number of nitrogens with one attached hydrogen (secondary N) is 1. The Bertz CT molecular complexity index is 1480.